The topological polar surface area (TPSA) is 141 Å². The summed E-state index contributed by atoms with van der Waals surface area (Å²) in [6.07, 6.45) is 1.58. The molecule has 0 unspecified atom stereocenters. The highest BCUT2D eigenvalue weighted by molar-refractivity contribution is 7.07. The van der Waals surface area contributed by atoms with Gasteiger partial charge in [0.2, 0.25) is 0 Å². The van der Waals surface area contributed by atoms with Crippen LogP contribution in [0.25, 0.3) is 6.08 Å². The van der Waals surface area contributed by atoms with Crippen LogP contribution in [0.2, 0.25) is 5.02 Å². The molecule has 1 aromatic heterocycles. The van der Waals surface area contributed by atoms with Crippen LogP contribution in [0.3, 0.4) is 0 Å². The van der Waals surface area contributed by atoms with Gasteiger partial charge in [-0.05, 0) is 93.8 Å². The first-order valence-corrected chi connectivity index (χ1v) is 17.0. The molecule has 1 aliphatic heterocycles. The predicted octanol–water partition coefficient (Wildman–Crippen LogP) is 6.13. The number of esters is 1. The van der Waals surface area contributed by atoms with Crippen molar-refractivity contribution in [2.75, 3.05) is 20.3 Å². The second kappa shape index (κ2) is 15.6. The number of aromatic nitrogens is 1. The Balaban J connectivity index is 1.57. The third kappa shape index (κ3) is 7.68. The van der Waals surface area contributed by atoms with E-state index in [0.717, 1.165) is 0 Å². The highest BCUT2D eigenvalue weighted by Gasteiger charge is 2.34. The second-order valence-electron chi connectivity index (χ2n) is 11.4. The van der Waals surface area contributed by atoms with Crippen molar-refractivity contribution in [1.82, 2.24) is 4.57 Å². The Hall–Kier alpha value is -5.14. The number of nitro groups is 1. The average Bonchev–Trinajstić information content (AvgIpc) is 3.37. The first kappa shape index (κ1) is 36.1. The van der Waals surface area contributed by atoms with Crippen LogP contribution in [-0.4, -0.2) is 41.9 Å². The molecule has 50 heavy (non-hydrogen) atoms. The molecule has 0 radical (unpaired) electrons. The SMILES string of the molecule is CCOC(=O)C1=C(C)N=c2s/c(=C\c3cc(Cl)c(OCc4ccc([N+](=O)[O-])cc4)c(OCC)c3)c(=O)n2[C@H]1c1ccc(OC(C)C)c(OC)c1. The van der Waals surface area contributed by atoms with Gasteiger partial charge >= 0.3 is 5.97 Å². The summed E-state index contributed by atoms with van der Waals surface area (Å²) in [6, 6.07) is 13.8. The number of hydrogen-bond donors (Lipinski definition) is 0. The highest BCUT2D eigenvalue weighted by atomic mass is 35.5. The van der Waals surface area contributed by atoms with Crippen molar-refractivity contribution < 1.29 is 33.4 Å². The van der Waals surface area contributed by atoms with Crippen LogP contribution in [0.1, 0.15) is 57.4 Å². The minimum Gasteiger partial charge on any atom is -0.493 e. The number of allylic oxidation sites excluding steroid dienone is 1. The smallest absolute Gasteiger partial charge is 0.338 e. The van der Waals surface area contributed by atoms with Crippen LogP contribution in [0.4, 0.5) is 5.69 Å². The van der Waals surface area contributed by atoms with Crippen molar-refractivity contribution in [3.05, 3.63) is 117 Å². The molecule has 1 atom stereocenters. The molecule has 0 saturated heterocycles. The van der Waals surface area contributed by atoms with Gasteiger partial charge in [0.05, 0.1) is 58.2 Å². The maximum Gasteiger partial charge on any atom is 0.338 e. The first-order valence-electron chi connectivity index (χ1n) is 15.8. The van der Waals surface area contributed by atoms with Crippen LogP contribution < -0.4 is 33.8 Å². The molecule has 0 aliphatic carbocycles. The van der Waals surface area contributed by atoms with E-state index in [1.165, 1.54) is 35.1 Å². The Bertz CT molecular complexity index is 2140. The molecule has 3 aromatic carbocycles. The van der Waals surface area contributed by atoms with Crippen molar-refractivity contribution in [2.24, 2.45) is 4.99 Å². The summed E-state index contributed by atoms with van der Waals surface area (Å²) in [5.41, 5.74) is 2.15. The van der Waals surface area contributed by atoms with E-state index in [0.29, 0.717) is 61.3 Å². The fourth-order valence-electron chi connectivity index (χ4n) is 5.41. The number of halogens is 1. The van der Waals surface area contributed by atoms with Crippen molar-refractivity contribution in [3.63, 3.8) is 0 Å². The van der Waals surface area contributed by atoms with Gasteiger partial charge in [-0.15, -0.1) is 0 Å². The molecule has 4 aromatic rings. The zero-order valence-corrected chi connectivity index (χ0v) is 29.9. The van der Waals surface area contributed by atoms with Gasteiger partial charge in [0, 0.05) is 12.1 Å². The molecule has 1 aliphatic rings. The summed E-state index contributed by atoms with van der Waals surface area (Å²) in [5.74, 6) is 1.05. The summed E-state index contributed by atoms with van der Waals surface area (Å²) in [4.78, 5) is 43.1. The summed E-state index contributed by atoms with van der Waals surface area (Å²) < 4.78 is 30.6. The maximum atomic E-state index is 14.2. The third-order valence-corrected chi connectivity index (χ3v) is 8.81. The van der Waals surface area contributed by atoms with E-state index in [1.807, 2.05) is 20.8 Å². The Labute approximate surface area is 297 Å². The summed E-state index contributed by atoms with van der Waals surface area (Å²) in [6.45, 7) is 9.61. The van der Waals surface area contributed by atoms with Crippen LogP contribution in [-0.2, 0) is 16.1 Å². The van der Waals surface area contributed by atoms with E-state index in [4.69, 9.17) is 35.3 Å². The van der Waals surface area contributed by atoms with Crippen LogP contribution in [0, 0.1) is 10.1 Å². The van der Waals surface area contributed by atoms with E-state index in [9.17, 15) is 19.7 Å². The Morgan fingerprint density at radius 2 is 1.80 bits per heavy atom. The lowest BCUT2D eigenvalue weighted by atomic mass is 9.95. The van der Waals surface area contributed by atoms with Gasteiger partial charge in [0.25, 0.3) is 11.2 Å². The lowest BCUT2D eigenvalue weighted by Gasteiger charge is -2.25. The Kier molecular flexibility index (Phi) is 11.3. The average molecular weight is 722 g/mol. The third-order valence-electron chi connectivity index (χ3n) is 7.54. The highest BCUT2D eigenvalue weighted by Crippen LogP contribution is 2.38. The first-order chi connectivity index (χ1) is 23.9. The molecule has 12 nitrogen and oxygen atoms in total. The molecule has 5 rings (SSSR count). The maximum absolute atomic E-state index is 14.2. The Morgan fingerprint density at radius 1 is 1.06 bits per heavy atom. The van der Waals surface area contributed by atoms with E-state index < -0.39 is 16.9 Å². The molecule has 0 saturated carbocycles. The molecule has 0 amide bonds. The molecule has 14 heteroatoms. The van der Waals surface area contributed by atoms with Gasteiger partial charge in [-0.3, -0.25) is 19.5 Å². The molecule has 0 bridgehead atoms. The minimum atomic E-state index is -0.854. The lowest BCUT2D eigenvalue weighted by molar-refractivity contribution is -0.384. The van der Waals surface area contributed by atoms with E-state index in [1.54, 1.807) is 62.4 Å². The Morgan fingerprint density at radius 3 is 2.44 bits per heavy atom. The number of rotatable bonds is 13. The van der Waals surface area contributed by atoms with Gasteiger partial charge in [0.1, 0.15) is 6.61 Å². The fraction of sp³-hybridized carbons (Fsp3) is 0.306. The van der Waals surface area contributed by atoms with Crippen LogP contribution in [0.5, 0.6) is 23.0 Å². The van der Waals surface area contributed by atoms with Crippen LogP contribution in [0.15, 0.2) is 75.7 Å². The zero-order chi connectivity index (χ0) is 36.1. The zero-order valence-electron chi connectivity index (χ0n) is 28.4. The number of ether oxygens (including phenoxy) is 5. The van der Waals surface area contributed by atoms with Gasteiger partial charge in [-0.1, -0.05) is 29.0 Å². The fourth-order valence-corrected chi connectivity index (χ4v) is 6.73. The molecular formula is C36H36ClN3O9S. The van der Waals surface area contributed by atoms with Gasteiger partial charge < -0.3 is 23.7 Å². The normalized spacial score (nSPS) is 14.2. The monoisotopic (exact) mass is 721 g/mol. The van der Waals surface area contributed by atoms with Gasteiger partial charge in [-0.25, -0.2) is 9.79 Å². The van der Waals surface area contributed by atoms with Crippen molar-refractivity contribution >= 4 is 40.7 Å². The molecule has 0 fully saturated rings. The van der Waals surface area contributed by atoms with E-state index in [-0.39, 0.29) is 41.2 Å². The minimum absolute atomic E-state index is 0.0242. The number of non-ortho nitro benzene ring substituents is 1. The lowest BCUT2D eigenvalue weighted by Crippen LogP contribution is -2.40. The second-order valence-corrected chi connectivity index (χ2v) is 12.8. The van der Waals surface area contributed by atoms with Gasteiger partial charge in [-0.2, -0.15) is 0 Å². The number of carbonyl (C=O) groups excluding carboxylic acids is 1. The number of nitrogens with zero attached hydrogens (tertiary/aromatic N) is 3. The van der Waals surface area contributed by atoms with E-state index >= 15 is 0 Å². The molecular weight excluding hydrogens is 686 g/mol. The largest absolute Gasteiger partial charge is 0.493 e. The predicted molar refractivity (Wildman–Crippen MR) is 189 cm³/mol. The molecule has 0 spiro atoms. The number of carbonyl (C=O) groups is 1. The molecule has 0 N–H and O–H groups in total. The number of thiazole rings is 1. The van der Waals surface area contributed by atoms with Crippen molar-refractivity contribution in [2.45, 2.75) is 53.4 Å². The number of fused-ring (bicyclic) bond motifs is 1. The van der Waals surface area contributed by atoms with Gasteiger partial charge in [0.15, 0.2) is 27.8 Å². The molecule has 262 valence electrons. The number of hydrogen-bond acceptors (Lipinski definition) is 11. The van der Waals surface area contributed by atoms with Crippen molar-refractivity contribution in [3.8, 4) is 23.0 Å². The van der Waals surface area contributed by atoms with Crippen molar-refractivity contribution in [1.29, 1.82) is 0 Å². The van der Waals surface area contributed by atoms with Crippen LogP contribution >= 0.6 is 22.9 Å². The molecule has 2 heterocycles. The number of nitro benzene ring substituents is 1. The summed E-state index contributed by atoms with van der Waals surface area (Å²) >= 11 is 7.87. The quantitative estimate of drug-likeness (QED) is 0.0905. The van der Waals surface area contributed by atoms with E-state index in [2.05, 4.69) is 4.99 Å². The number of benzene rings is 3. The number of methoxy groups -OCH3 is 1. The standard InChI is InChI=1S/C36H36ClN3O9S/c1-7-46-29-16-23(15-26(37)33(29)48-19-22-9-12-25(13-10-22)40(43)44)17-30-34(41)39-32(24-11-14-27(49-20(3)4)28(18-24)45-6)31(35(42)47-8-2)21(5)38-36(39)50-30/h9-18,20,32H,7-8,19H2,1-6H3/b30-17-/t32-/m0/s1. The summed E-state index contributed by atoms with van der Waals surface area (Å²) in [5, 5.41) is 11.2. The summed E-state index contributed by atoms with van der Waals surface area (Å²) in [7, 11) is 1.53.